The Morgan fingerprint density at radius 3 is 2.77 bits per heavy atom. The topological polar surface area (TPSA) is 44.6 Å². The minimum Gasteiger partial charge on any atom is -0.345 e. The number of carbonyl (C=O) groups is 1. The molecular formula is C16H29N5O. The van der Waals surface area contributed by atoms with Gasteiger partial charge in [0, 0.05) is 46.0 Å². The van der Waals surface area contributed by atoms with Crippen LogP contribution >= 0.6 is 0 Å². The van der Waals surface area contributed by atoms with Crippen molar-refractivity contribution < 1.29 is 4.79 Å². The highest BCUT2D eigenvalue weighted by Crippen LogP contribution is 2.13. The van der Waals surface area contributed by atoms with Gasteiger partial charge in [-0.05, 0) is 38.9 Å². The predicted octanol–water partition coefficient (Wildman–Crippen LogP) is 0.447. The molecule has 6 nitrogen and oxygen atoms in total. The zero-order valence-electron chi connectivity index (χ0n) is 14.3. The number of nitrogens with zero attached hydrogens (tertiary/aromatic N) is 5. The van der Waals surface area contributed by atoms with Crippen LogP contribution in [0.2, 0.25) is 0 Å². The van der Waals surface area contributed by atoms with Gasteiger partial charge in [-0.3, -0.25) is 14.4 Å². The van der Waals surface area contributed by atoms with Gasteiger partial charge in [0.2, 0.25) is 5.91 Å². The molecule has 1 aliphatic rings. The molecule has 0 bridgehead atoms. The molecule has 0 saturated carbocycles. The molecule has 1 fully saturated rings. The minimum absolute atomic E-state index is 0.227. The molecule has 0 spiro atoms. The lowest BCUT2D eigenvalue weighted by Crippen LogP contribution is -2.39. The molecule has 0 aromatic carbocycles. The second kappa shape index (κ2) is 7.74. The van der Waals surface area contributed by atoms with Gasteiger partial charge in [0.05, 0.1) is 12.7 Å². The molecule has 0 aliphatic carbocycles. The molecule has 1 atom stereocenters. The van der Waals surface area contributed by atoms with Gasteiger partial charge in [-0.2, -0.15) is 5.10 Å². The van der Waals surface area contributed by atoms with Gasteiger partial charge < -0.3 is 9.80 Å². The van der Waals surface area contributed by atoms with Gasteiger partial charge in [-0.1, -0.05) is 0 Å². The Bertz CT molecular complexity index is 485. The maximum absolute atomic E-state index is 12.3. The fraction of sp³-hybridized carbons (Fsp3) is 0.750. The van der Waals surface area contributed by atoms with Crippen LogP contribution in [0.5, 0.6) is 0 Å². The Morgan fingerprint density at radius 1 is 1.41 bits per heavy atom. The summed E-state index contributed by atoms with van der Waals surface area (Å²) in [6.07, 6.45) is 7.04. The molecule has 2 heterocycles. The molecule has 0 radical (unpaired) electrons. The highest BCUT2D eigenvalue weighted by atomic mass is 16.2. The third-order valence-electron chi connectivity index (χ3n) is 4.48. The van der Waals surface area contributed by atoms with Crippen molar-refractivity contribution in [2.45, 2.75) is 25.3 Å². The fourth-order valence-corrected chi connectivity index (χ4v) is 2.94. The van der Waals surface area contributed by atoms with Crippen LogP contribution < -0.4 is 0 Å². The number of carbonyl (C=O) groups excluding carboxylic acids is 1. The van der Waals surface area contributed by atoms with Crippen LogP contribution in [0.1, 0.15) is 18.4 Å². The van der Waals surface area contributed by atoms with Gasteiger partial charge in [0.15, 0.2) is 0 Å². The minimum atomic E-state index is 0.227. The second-order valence-electron chi connectivity index (χ2n) is 6.58. The lowest BCUT2D eigenvalue weighted by atomic mass is 10.2. The van der Waals surface area contributed by atoms with Gasteiger partial charge in [-0.15, -0.1) is 0 Å². The molecule has 1 amide bonds. The van der Waals surface area contributed by atoms with Crippen LogP contribution in [-0.4, -0.2) is 83.8 Å². The molecule has 0 N–H and O–H groups in total. The average Bonchev–Trinajstić information content (AvgIpc) is 3.08. The molecule has 1 aliphatic heterocycles. The number of rotatable bonds is 7. The Hall–Kier alpha value is -1.40. The van der Waals surface area contributed by atoms with Crippen molar-refractivity contribution in [2.75, 3.05) is 47.3 Å². The third kappa shape index (κ3) is 4.81. The van der Waals surface area contributed by atoms with Crippen molar-refractivity contribution in [3.8, 4) is 0 Å². The highest BCUT2D eigenvalue weighted by Gasteiger charge is 2.25. The van der Waals surface area contributed by atoms with Crippen molar-refractivity contribution in [2.24, 2.45) is 7.05 Å². The first-order valence-corrected chi connectivity index (χ1v) is 8.06. The summed E-state index contributed by atoms with van der Waals surface area (Å²) in [6, 6.07) is 0.587. The van der Waals surface area contributed by atoms with E-state index >= 15 is 0 Å². The number of hydrogen-bond donors (Lipinski definition) is 0. The quantitative estimate of drug-likeness (QED) is 0.733. The van der Waals surface area contributed by atoms with Crippen LogP contribution in [-0.2, 0) is 18.3 Å². The molecule has 22 heavy (non-hydrogen) atoms. The maximum atomic E-state index is 12.3. The van der Waals surface area contributed by atoms with E-state index in [4.69, 9.17) is 0 Å². The van der Waals surface area contributed by atoms with E-state index in [0.717, 1.165) is 38.9 Å². The monoisotopic (exact) mass is 307 g/mol. The molecule has 6 heteroatoms. The zero-order chi connectivity index (χ0) is 16.1. The first kappa shape index (κ1) is 17.0. The molecule has 2 rings (SSSR count). The Kier molecular flexibility index (Phi) is 5.97. The molecular weight excluding hydrogens is 278 g/mol. The summed E-state index contributed by atoms with van der Waals surface area (Å²) in [7, 11) is 8.06. The highest BCUT2D eigenvalue weighted by molar-refractivity contribution is 5.78. The summed E-state index contributed by atoms with van der Waals surface area (Å²) in [5.74, 6) is 0.227. The van der Waals surface area contributed by atoms with E-state index in [1.54, 1.807) is 0 Å². The van der Waals surface area contributed by atoms with Crippen molar-refractivity contribution in [1.29, 1.82) is 0 Å². The van der Waals surface area contributed by atoms with E-state index in [1.807, 2.05) is 36.1 Å². The first-order chi connectivity index (χ1) is 10.5. The van der Waals surface area contributed by atoms with Gasteiger partial charge in [0.25, 0.3) is 0 Å². The normalized spacial score (nSPS) is 19.0. The summed E-state index contributed by atoms with van der Waals surface area (Å²) in [6.45, 7) is 3.38. The number of aromatic nitrogens is 2. The molecule has 0 unspecified atom stereocenters. The Morgan fingerprint density at radius 2 is 2.18 bits per heavy atom. The number of likely N-dealkylation sites (tertiary alicyclic amines) is 1. The van der Waals surface area contributed by atoms with E-state index in [0.29, 0.717) is 12.6 Å². The maximum Gasteiger partial charge on any atom is 0.236 e. The average molecular weight is 307 g/mol. The SMILES string of the molecule is CN(CCCc1cnn(C)c1)C(=O)CN1CC[C@@H](N(C)C)C1. The number of aryl methyl sites for hydroxylation is 2. The summed E-state index contributed by atoms with van der Waals surface area (Å²) in [5.41, 5.74) is 1.23. The molecule has 1 aromatic rings. The Labute approximate surface area is 133 Å². The van der Waals surface area contributed by atoms with E-state index in [1.165, 1.54) is 5.56 Å². The number of amides is 1. The standard InChI is InChI=1S/C16H29N5O/c1-18(2)15-7-9-21(12-15)13-16(22)19(3)8-5-6-14-10-17-20(4)11-14/h10-11,15H,5-9,12-13H2,1-4H3/t15-/m1/s1. The first-order valence-electron chi connectivity index (χ1n) is 8.06. The number of likely N-dealkylation sites (N-methyl/N-ethyl adjacent to an activating group) is 2. The van der Waals surface area contributed by atoms with Crippen LogP contribution in [0.3, 0.4) is 0 Å². The Balaban J connectivity index is 1.66. The smallest absolute Gasteiger partial charge is 0.236 e. The summed E-state index contributed by atoms with van der Waals surface area (Å²) in [4.78, 5) is 18.7. The van der Waals surface area contributed by atoms with E-state index < -0.39 is 0 Å². The van der Waals surface area contributed by atoms with Crippen LogP contribution in [0.25, 0.3) is 0 Å². The van der Waals surface area contributed by atoms with Crippen LogP contribution in [0, 0.1) is 0 Å². The zero-order valence-corrected chi connectivity index (χ0v) is 14.3. The summed E-state index contributed by atoms with van der Waals surface area (Å²) < 4.78 is 1.82. The second-order valence-corrected chi connectivity index (χ2v) is 6.58. The number of hydrogen-bond acceptors (Lipinski definition) is 4. The van der Waals surface area contributed by atoms with Gasteiger partial charge in [0.1, 0.15) is 0 Å². The molecule has 1 saturated heterocycles. The lowest BCUT2D eigenvalue weighted by Gasteiger charge is -2.23. The van der Waals surface area contributed by atoms with Gasteiger partial charge >= 0.3 is 0 Å². The third-order valence-corrected chi connectivity index (χ3v) is 4.48. The van der Waals surface area contributed by atoms with Crippen molar-refractivity contribution >= 4 is 5.91 Å². The largest absolute Gasteiger partial charge is 0.345 e. The van der Waals surface area contributed by atoms with Crippen LogP contribution in [0.4, 0.5) is 0 Å². The lowest BCUT2D eigenvalue weighted by molar-refractivity contribution is -0.130. The molecule has 124 valence electrons. The van der Waals surface area contributed by atoms with E-state index in [-0.39, 0.29) is 5.91 Å². The van der Waals surface area contributed by atoms with E-state index in [9.17, 15) is 4.79 Å². The molecule has 1 aromatic heterocycles. The van der Waals surface area contributed by atoms with Crippen molar-refractivity contribution in [3.63, 3.8) is 0 Å². The summed E-state index contributed by atoms with van der Waals surface area (Å²) in [5, 5.41) is 4.16. The summed E-state index contributed by atoms with van der Waals surface area (Å²) >= 11 is 0. The van der Waals surface area contributed by atoms with Crippen molar-refractivity contribution in [3.05, 3.63) is 18.0 Å². The van der Waals surface area contributed by atoms with Crippen molar-refractivity contribution in [1.82, 2.24) is 24.5 Å². The predicted molar refractivity (Wildman–Crippen MR) is 87.7 cm³/mol. The van der Waals surface area contributed by atoms with Gasteiger partial charge in [-0.25, -0.2) is 0 Å². The van der Waals surface area contributed by atoms with Crippen LogP contribution in [0.15, 0.2) is 12.4 Å². The van der Waals surface area contributed by atoms with E-state index in [2.05, 4.69) is 29.0 Å². The fourth-order valence-electron chi connectivity index (χ4n) is 2.94.